The zero-order valence-electron chi connectivity index (χ0n) is 31.0. The summed E-state index contributed by atoms with van der Waals surface area (Å²) >= 11 is 0. The summed E-state index contributed by atoms with van der Waals surface area (Å²) in [6, 6.07) is 23.0. The molecule has 2 aliphatic rings. The molecule has 0 atom stereocenters. The van der Waals surface area contributed by atoms with Crippen molar-refractivity contribution in [1.29, 1.82) is 0 Å². The first kappa shape index (κ1) is 34.3. The monoisotopic (exact) mass is 704 g/mol. The minimum absolute atomic E-state index is 0.335. The normalized spacial score (nSPS) is 13.6. The lowest BCUT2D eigenvalue weighted by Crippen LogP contribution is -2.30. The van der Waals surface area contributed by atoms with Crippen LogP contribution in [0.2, 0.25) is 0 Å². The summed E-state index contributed by atoms with van der Waals surface area (Å²) in [6.45, 7) is 11.6. The highest BCUT2D eigenvalue weighted by Gasteiger charge is 2.40. The summed E-state index contributed by atoms with van der Waals surface area (Å²) in [5.41, 5.74) is 11.7. The number of imide groups is 2. The molecule has 6 heteroatoms. The van der Waals surface area contributed by atoms with Crippen LogP contribution in [0.15, 0.2) is 72.8 Å². The molecular formula is C48H36N2O4. The summed E-state index contributed by atoms with van der Waals surface area (Å²) in [6.07, 6.45) is 12.7. The molecule has 0 spiro atoms. The number of nitrogens with zero attached hydrogens (tertiary/aromatic N) is 2. The molecule has 0 saturated heterocycles. The average Bonchev–Trinajstić information content (AvgIpc) is 3.51. The summed E-state index contributed by atoms with van der Waals surface area (Å²) < 4.78 is 0. The number of hydrogen-bond acceptors (Lipinski definition) is 4. The number of hydrogen-bond donors (Lipinski definition) is 0. The van der Waals surface area contributed by atoms with Crippen LogP contribution in [0.4, 0.5) is 11.4 Å². The van der Waals surface area contributed by atoms with Crippen molar-refractivity contribution in [3.8, 4) is 24.7 Å². The van der Waals surface area contributed by atoms with Gasteiger partial charge in [0, 0.05) is 11.1 Å². The molecule has 0 fully saturated rings. The first-order valence-electron chi connectivity index (χ1n) is 17.9. The number of aryl methyl sites for hydroxylation is 8. The topological polar surface area (TPSA) is 74.8 Å². The highest BCUT2D eigenvalue weighted by atomic mass is 16.2. The third-order valence-electron chi connectivity index (χ3n) is 11.0. The van der Waals surface area contributed by atoms with Gasteiger partial charge in [0.05, 0.1) is 33.6 Å². The zero-order valence-corrected chi connectivity index (χ0v) is 31.0. The standard InChI is InChI=1S/C48H36N2O4/c1-9-31-13-27(5)43(28(6)14-31)49-45(51)39-21-35-17-25(3)33(19-37(35)23-41(39)47(49)53)11-12-34-20-38-24-42-40(22-36(38)18-26(34)4)46(52)50(48(42)54)44-29(7)15-32(10-2)16-30(44)8/h1-2,13-24H,11-12H2,3-8H3. The molecule has 0 radical (unpaired) electrons. The molecule has 262 valence electrons. The SMILES string of the molecule is C#Cc1cc(C)c(N2C(=O)c3cc4cc(C)c(CCc5cc6cc7c(cc6cc5C)C(=O)N(c5c(C)cc(C#C)cc5C)C7=O)cc4cc3C2=O)c(C)c1. The third kappa shape index (κ3) is 5.22. The minimum Gasteiger partial charge on any atom is -0.268 e. The fraction of sp³-hybridized carbons (Fsp3) is 0.167. The highest BCUT2D eigenvalue weighted by molar-refractivity contribution is 6.36. The number of amides is 4. The smallest absolute Gasteiger partial charge is 0.266 e. The molecule has 6 aromatic carbocycles. The van der Waals surface area contributed by atoms with Crippen LogP contribution in [0.1, 0.15) is 97.1 Å². The molecule has 0 aromatic heterocycles. The maximum Gasteiger partial charge on any atom is 0.266 e. The van der Waals surface area contributed by atoms with Crippen LogP contribution in [0, 0.1) is 66.2 Å². The van der Waals surface area contributed by atoms with Gasteiger partial charge in [-0.1, -0.05) is 36.1 Å². The Morgan fingerprint density at radius 3 is 0.963 bits per heavy atom. The molecule has 0 saturated carbocycles. The van der Waals surface area contributed by atoms with Gasteiger partial charge in [-0.15, -0.1) is 12.8 Å². The van der Waals surface area contributed by atoms with Crippen molar-refractivity contribution in [2.75, 3.05) is 9.80 Å². The van der Waals surface area contributed by atoms with Crippen LogP contribution in [-0.4, -0.2) is 23.6 Å². The van der Waals surface area contributed by atoms with Gasteiger partial charge < -0.3 is 0 Å². The molecule has 2 aliphatic heterocycles. The molecule has 6 aromatic rings. The fourth-order valence-electron chi connectivity index (χ4n) is 8.39. The van der Waals surface area contributed by atoms with Gasteiger partial charge in [0.15, 0.2) is 0 Å². The second-order valence-electron chi connectivity index (χ2n) is 14.6. The first-order chi connectivity index (χ1) is 25.8. The van der Waals surface area contributed by atoms with Crippen molar-refractivity contribution < 1.29 is 19.2 Å². The highest BCUT2D eigenvalue weighted by Crippen LogP contribution is 2.38. The van der Waals surface area contributed by atoms with Crippen molar-refractivity contribution in [3.63, 3.8) is 0 Å². The molecule has 54 heavy (non-hydrogen) atoms. The third-order valence-corrected chi connectivity index (χ3v) is 11.0. The van der Waals surface area contributed by atoms with E-state index in [1.807, 2.05) is 76.2 Å². The predicted molar refractivity (Wildman–Crippen MR) is 215 cm³/mol. The predicted octanol–water partition coefficient (Wildman–Crippen LogP) is 9.19. The largest absolute Gasteiger partial charge is 0.268 e. The van der Waals surface area contributed by atoms with Crippen LogP contribution < -0.4 is 9.80 Å². The van der Waals surface area contributed by atoms with Crippen LogP contribution in [0.3, 0.4) is 0 Å². The molecule has 0 N–H and O–H groups in total. The van der Waals surface area contributed by atoms with Crippen molar-refractivity contribution >= 4 is 56.5 Å². The second-order valence-corrected chi connectivity index (χ2v) is 14.6. The second kappa shape index (κ2) is 12.4. The van der Waals surface area contributed by atoms with Gasteiger partial charge in [0.2, 0.25) is 0 Å². The van der Waals surface area contributed by atoms with Crippen molar-refractivity contribution in [2.45, 2.75) is 54.4 Å². The van der Waals surface area contributed by atoms with Crippen LogP contribution in [-0.2, 0) is 12.8 Å². The van der Waals surface area contributed by atoms with E-state index in [2.05, 4.69) is 50.0 Å². The van der Waals surface area contributed by atoms with Crippen LogP contribution >= 0.6 is 0 Å². The Bertz CT molecular complexity index is 2600. The van der Waals surface area contributed by atoms with Gasteiger partial charge in [0.1, 0.15) is 0 Å². The van der Waals surface area contributed by atoms with Crippen LogP contribution in [0.5, 0.6) is 0 Å². The fourth-order valence-corrected chi connectivity index (χ4v) is 8.39. The number of terminal acetylenes is 2. The van der Waals surface area contributed by atoms with Crippen molar-refractivity contribution in [1.82, 2.24) is 0 Å². The summed E-state index contributed by atoms with van der Waals surface area (Å²) in [5.74, 6) is 3.92. The molecule has 6 nitrogen and oxygen atoms in total. The maximum absolute atomic E-state index is 13.8. The zero-order chi connectivity index (χ0) is 38.3. The van der Waals surface area contributed by atoms with Gasteiger partial charge in [0.25, 0.3) is 23.6 Å². The molecular weight excluding hydrogens is 669 g/mol. The van der Waals surface area contributed by atoms with Crippen molar-refractivity contribution in [2.24, 2.45) is 0 Å². The van der Waals surface area contributed by atoms with E-state index in [0.717, 1.165) is 78.9 Å². The number of carbonyl (C=O) groups is 4. The van der Waals surface area contributed by atoms with E-state index in [4.69, 9.17) is 12.8 Å². The molecule has 0 aliphatic carbocycles. The Morgan fingerprint density at radius 1 is 0.407 bits per heavy atom. The van der Waals surface area contributed by atoms with Gasteiger partial charge in [-0.3, -0.25) is 19.2 Å². The molecule has 2 heterocycles. The summed E-state index contributed by atoms with van der Waals surface area (Å²) in [5, 5.41) is 3.59. The Labute approximate surface area is 314 Å². The maximum atomic E-state index is 13.8. The van der Waals surface area contributed by atoms with E-state index in [0.29, 0.717) is 44.8 Å². The Hall–Kier alpha value is -6.76. The van der Waals surface area contributed by atoms with E-state index in [1.54, 1.807) is 0 Å². The van der Waals surface area contributed by atoms with E-state index in [1.165, 1.54) is 9.80 Å². The first-order valence-corrected chi connectivity index (χ1v) is 17.9. The average molecular weight is 705 g/mol. The summed E-state index contributed by atoms with van der Waals surface area (Å²) in [4.78, 5) is 57.5. The quantitative estimate of drug-likeness (QED) is 0.133. The lowest BCUT2D eigenvalue weighted by Gasteiger charge is -2.19. The number of carbonyl (C=O) groups excluding carboxylic acids is 4. The van der Waals surface area contributed by atoms with E-state index < -0.39 is 0 Å². The van der Waals surface area contributed by atoms with Gasteiger partial charge in [-0.25, -0.2) is 9.80 Å². The van der Waals surface area contributed by atoms with Gasteiger partial charge in [-0.2, -0.15) is 0 Å². The van der Waals surface area contributed by atoms with E-state index >= 15 is 0 Å². The summed E-state index contributed by atoms with van der Waals surface area (Å²) in [7, 11) is 0. The number of fused-ring (bicyclic) bond motifs is 4. The Morgan fingerprint density at radius 2 is 0.685 bits per heavy atom. The lowest BCUT2D eigenvalue weighted by molar-refractivity contribution is 0.0910. The molecule has 4 amide bonds. The number of rotatable bonds is 5. The lowest BCUT2D eigenvalue weighted by atomic mass is 9.92. The number of anilines is 2. The van der Waals surface area contributed by atoms with Crippen molar-refractivity contribution in [3.05, 3.63) is 151 Å². The van der Waals surface area contributed by atoms with E-state index in [9.17, 15) is 19.2 Å². The van der Waals surface area contributed by atoms with E-state index in [-0.39, 0.29) is 23.6 Å². The Balaban J connectivity index is 1.08. The molecule has 0 unspecified atom stereocenters. The minimum atomic E-state index is -0.340. The Kier molecular flexibility index (Phi) is 7.91. The molecule has 0 bridgehead atoms. The van der Waals surface area contributed by atoms with Crippen LogP contribution in [0.25, 0.3) is 21.5 Å². The van der Waals surface area contributed by atoms with Gasteiger partial charge >= 0.3 is 0 Å². The molecule has 8 rings (SSSR count). The van der Waals surface area contributed by atoms with Gasteiger partial charge in [-0.05, 0) is 169 Å². The number of benzene rings is 6.